The maximum absolute atomic E-state index is 12.3. The molecule has 0 radical (unpaired) electrons. The van der Waals surface area contributed by atoms with Crippen LogP contribution >= 0.6 is 0 Å². The summed E-state index contributed by atoms with van der Waals surface area (Å²) in [6.07, 6.45) is -3.17. The second kappa shape index (κ2) is 5.22. The second-order valence-corrected chi connectivity index (χ2v) is 3.70. The van der Waals surface area contributed by atoms with Crippen LogP contribution in [0.4, 0.5) is 13.2 Å². The lowest BCUT2D eigenvalue weighted by atomic mass is 10.2. The average molecular weight is 256 g/mol. The number of aromatic nitrogens is 2. The molecule has 0 N–H and O–H groups in total. The van der Waals surface area contributed by atoms with E-state index in [1.165, 1.54) is 6.20 Å². The van der Waals surface area contributed by atoms with E-state index < -0.39 is 11.9 Å². The van der Waals surface area contributed by atoms with Gasteiger partial charge in [-0.3, -0.25) is 0 Å². The highest BCUT2D eigenvalue weighted by Gasteiger charge is 2.33. The van der Waals surface area contributed by atoms with Crippen molar-refractivity contribution in [2.24, 2.45) is 0 Å². The number of rotatable bonds is 4. The summed E-state index contributed by atoms with van der Waals surface area (Å²) in [5.41, 5.74) is 0.0477. The zero-order valence-corrected chi connectivity index (χ0v) is 9.39. The Morgan fingerprint density at radius 1 is 1.11 bits per heavy atom. The molecular weight excluding hydrogens is 245 g/mol. The van der Waals surface area contributed by atoms with Crippen LogP contribution in [0.25, 0.3) is 0 Å². The summed E-state index contributed by atoms with van der Waals surface area (Å²) in [4.78, 5) is 0. The minimum absolute atomic E-state index is 0.00895. The lowest BCUT2D eigenvalue weighted by molar-refractivity contribution is -0.141. The molecule has 6 heteroatoms. The van der Waals surface area contributed by atoms with Gasteiger partial charge in [-0.2, -0.15) is 18.3 Å². The van der Waals surface area contributed by atoms with Crippen LogP contribution in [0.5, 0.6) is 0 Å². The van der Waals surface area contributed by atoms with E-state index in [0.29, 0.717) is 6.61 Å². The molecule has 0 fully saturated rings. The summed E-state index contributed by atoms with van der Waals surface area (Å²) in [5.74, 6) is 0. The van der Waals surface area contributed by atoms with Gasteiger partial charge in [-0.1, -0.05) is 30.3 Å². The molecule has 0 amide bonds. The Balaban J connectivity index is 1.86. The van der Waals surface area contributed by atoms with Crippen LogP contribution in [0.2, 0.25) is 0 Å². The largest absolute Gasteiger partial charge is 0.435 e. The molecule has 1 aromatic heterocycles. The Morgan fingerprint density at radius 3 is 2.44 bits per heavy atom. The fourth-order valence-electron chi connectivity index (χ4n) is 1.42. The highest BCUT2D eigenvalue weighted by Crippen LogP contribution is 2.27. The minimum Gasteiger partial charge on any atom is -0.355 e. The fraction of sp³-hybridized carbons (Fsp3) is 0.250. The highest BCUT2D eigenvalue weighted by molar-refractivity contribution is 5.13. The molecule has 18 heavy (non-hydrogen) atoms. The first kappa shape index (κ1) is 12.6. The number of alkyl halides is 3. The summed E-state index contributed by atoms with van der Waals surface area (Å²) in [7, 11) is 0. The van der Waals surface area contributed by atoms with Gasteiger partial charge in [0.1, 0.15) is 6.73 Å². The summed E-state index contributed by atoms with van der Waals surface area (Å²) >= 11 is 0. The third kappa shape index (κ3) is 3.33. The predicted molar refractivity (Wildman–Crippen MR) is 58.5 cm³/mol. The van der Waals surface area contributed by atoms with Gasteiger partial charge in [-0.05, 0) is 11.6 Å². The summed E-state index contributed by atoms with van der Waals surface area (Å²) < 4.78 is 43.2. The van der Waals surface area contributed by atoms with Crippen molar-refractivity contribution in [3.8, 4) is 0 Å². The van der Waals surface area contributed by atoms with Crippen molar-refractivity contribution in [3.05, 3.63) is 53.9 Å². The first-order chi connectivity index (χ1) is 8.55. The first-order valence-corrected chi connectivity index (χ1v) is 5.28. The van der Waals surface area contributed by atoms with Gasteiger partial charge in [0.25, 0.3) is 0 Å². The predicted octanol–water partition coefficient (Wildman–Crippen LogP) is 3.08. The van der Waals surface area contributed by atoms with Gasteiger partial charge in [0.15, 0.2) is 5.69 Å². The summed E-state index contributed by atoms with van der Waals surface area (Å²) in [6, 6.07) is 10.3. The van der Waals surface area contributed by atoms with Crippen molar-refractivity contribution in [3.63, 3.8) is 0 Å². The van der Waals surface area contributed by atoms with Crippen LogP contribution in [0, 0.1) is 0 Å². The van der Waals surface area contributed by atoms with E-state index in [1.54, 1.807) is 0 Å². The molecular formula is C12H11F3N2O. The molecule has 0 saturated carbocycles. The van der Waals surface area contributed by atoms with E-state index in [0.717, 1.165) is 16.3 Å². The van der Waals surface area contributed by atoms with E-state index >= 15 is 0 Å². The number of hydrogen-bond donors (Lipinski definition) is 0. The Bertz CT molecular complexity index is 494. The molecule has 0 unspecified atom stereocenters. The maximum atomic E-state index is 12.3. The fourth-order valence-corrected chi connectivity index (χ4v) is 1.42. The zero-order valence-electron chi connectivity index (χ0n) is 9.39. The number of benzene rings is 1. The molecule has 0 spiro atoms. The van der Waals surface area contributed by atoms with Crippen molar-refractivity contribution >= 4 is 0 Å². The molecule has 0 aliphatic rings. The van der Waals surface area contributed by atoms with E-state index in [9.17, 15) is 13.2 Å². The van der Waals surface area contributed by atoms with Crippen LogP contribution in [0.15, 0.2) is 42.6 Å². The lowest BCUT2D eigenvalue weighted by Gasteiger charge is -2.05. The standard InChI is InChI=1S/C12H11F3N2O/c13-12(14,15)11-6-7-17(16-11)9-18-8-10-4-2-1-3-5-10/h1-7H,8-9H2. The van der Waals surface area contributed by atoms with Gasteiger partial charge in [-0.25, -0.2) is 4.68 Å². The third-order valence-corrected chi connectivity index (χ3v) is 2.27. The maximum Gasteiger partial charge on any atom is 0.435 e. The SMILES string of the molecule is FC(F)(F)c1ccn(COCc2ccccc2)n1. The summed E-state index contributed by atoms with van der Waals surface area (Å²) in [5, 5.41) is 3.38. The molecule has 0 saturated heterocycles. The van der Waals surface area contributed by atoms with E-state index in [1.807, 2.05) is 30.3 Å². The molecule has 0 bridgehead atoms. The van der Waals surface area contributed by atoms with Gasteiger partial charge in [0, 0.05) is 6.20 Å². The smallest absolute Gasteiger partial charge is 0.355 e. The second-order valence-electron chi connectivity index (χ2n) is 3.70. The van der Waals surface area contributed by atoms with Gasteiger partial charge in [0.2, 0.25) is 0 Å². The Morgan fingerprint density at radius 2 is 1.83 bits per heavy atom. The molecule has 3 nitrogen and oxygen atoms in total. The van der Waals surface area contributed by atoms with Crippen molar-refractivity contribution in [2.45, 2.75) is 19.5 Å². The number of ether oxygens (including phenoxy) is 1. The molecule has 0 atom stereocenters. The van der Waals surface area contributed by atoms with Crippen LogP contribution in [-0.2, 0) is 24.3 Å². The van der Waals surface area contributed by atoms with Crippen LogP contribution in [0.3, 0.4) is 0 Å². The molecule has 1 heterocycles. The first-order valence-electron chi connectivity index (χ1n) is 5.28. The number of nitrogens with zero attached hydrogens (tertiary/aromatic N) is 2. The third-order valence-electron chi connectivity index (χ3n) is 2.27. The monoisotopic (exact) mass is 256 g/mol. The Kier molecular flexibility index (Phi) is 3.66. The van der Waals surface area contributed by atoms with Crippen molar-refractivity contribution in [1.82, 2.24) is 9.78 Å². The topological polar surface area (TPSA) is 27.1 Å². The van der Waals surface area contributed by atoms with Crippen molar-refractivity contribution in [2.75, 3.05) is 0 Å². The van der Waals surface area contributed by atoms with Gasteiger partial charge in [0.05, 0.1) is 6.61 Å². The normalized spacial score (nSPS) is 11.7. The van der Waals surface area contributed by atoms with E-state index in [-0.39, 0.29) is 6.73 Å². The Labute approximate surface area is 102 Å². The Hall–Kier alpha value is -1.82. The number of halogens is 3. The molecule has 2 rings (SSSR count). The van der Waals surface area contributed by atoms with Crippen LogP contribution in [0.1, 0.15) is 11.3 Å². The van der Waals surface area contributed by atoms with Crippen LogP contribution < -0.4 is 0 Å². The highest BCUT2D eigenvalue weighted by atomic mass is 19.4. The molecule has 1 aromatic carbocycles. The van der Waals surface area contributed by atoms with Crippen molar-refractivity contribution in [1.29, 1.82) is 0 Å². The summed E-state index contributed by atoms with van der Waals surface area (Å²) in [6.45, 7) is 0.326. The molecule has 2 aromatic rings. The molecule has 0 aliphatic heterocycles. The lowest BCUT2D eigenvalue weighted by Crippen LogP contribution is -2.09. The van der Waals surface area contributed by atoms with E-state index in [2.05, 4.69) is 5.10 Å². The quantitative estimate of drug-likeness (QED) is 0.840. The van der Waals surface area contributed by atoms with Crippen LogP contribution in [-0.4, -0.2) is 9.78 Å². The number of hydrogen-bond acceptors (Lipinski definition) is 2. The average Bonchev–Trinajstić information content (AvgIpc) is 2.79. The van der Waals surface area contributed by atoms with Crippen molar-refractivity contribution < 1.29 is 17.9 Å². The molecule has 96 valence electrons. The zero-order chi connectivity index (χ0) is 13.0. The van der Waals surface area contributed by atoms with Gasteiger partial charge >= 0.3 is 6.18 Å². The van der Waals surface area contributed by atoms with Gasteiger partial charge < -0.3 is 4.74 Å². The van der Waals surface area contributed by atoms with E-state index in [4.69, 9.17) is 4.74 Å². The molecule has 0 aliphatic carbocycles. The van der Waals surface area contributed by atoms with Gasteiger partial charge in [-0.15, -0.1) is 0 Å². The minimum atomic E-state index is -4.41.